The fourth-order valence-corrected chi connectivity index (χ4v) is 3.32. The predicted molar refractivity (Wildman–Crippen MR) is 121 cm³/mol. The highest BCUT2D eigenvalue weighted by atomic mass is 16.6. The van der Waals surface area contributed by atoms with Crippen molar-refractivity contribution in [3.63, 3.8) is 0 Å². The van der Waals surface area contributed by atoms with Crippen LogP contribution in [0.15, 0.2) is 42.5 Å². The number of anilines is 3. The molecule has 0 fully saturated rings. The lowest BCUT2D eigenvalue weighted by molar-refractivity contribution is -0.153. The van der Waals surface area contributed by atoms with Crippen molar-refractivity contribution < 1.29 is 28.6 Å². The molecule has 9 nitrogen and oxygen atoms in total. The molecular formula is C23H27N3O6. The molecule has 0 saturated carbocycles. The highest BCUT2D eigenvalue weighted by Gasteiger charge is 2.31. The van der Waals surface area contributed by atoms with Crippen LogP contribution in [0, 0.1) is 0 Å². The fourth-order valence-electron chi connectivity index (χ4n) is 3.32. The molecule has 170 valence electrons. The lowest BCUT2D eigenvalue weighted by Crippen LogP contribution is -2.49. The van der Waals surface area contributed by atoms with Gasteiger partial charge in [-0.15, -0.1) is 0 Å². The van der Waals surface area contributed by atoms with Gasteiger partial charge in [-0.1, -0.05) is 18.7 Å². The van der Waals surface area contributed by atoms with Gasteiger partial charge < -0.3 is 30.6 Å². The lowest BCUT2D eigenvalue weighted by Gasteiger charge is -2.38. The van der Waals surface area contributed by atoms with E-state index < -0.39 is 23.6 Å². The second-order valence-electron chi connectivity index (χ2n) is 7.81. The number of hydrogen-bond acceptors (Lipinski definition) is 9. The standard InChI is InChI=1S/C23H27N3O6/c1-14(2)22(29)31-12-11-30-19(27)9-10-20(28)32-13-23(3)25-17-6-4-5-15-16(24)7-8-18(26-23)21(15)17/h4-8,25-26H,1,9-13,24H2,2-3H3. The van der Waals surface area contributed by atoms with Gasteiger partial charge in [0.05, 0.1) is 12.8 Å². The molecule has 2 aromatic rings. The topological polar surface area (TPSA) is 129 Å². The van der Waals surface area contributed by atoms with Gasteiger partial charge in [0.25, 0.3) is 0 Å². The predicted octanol–water partition coefficient (Wildman–Crippen LogP) is 2.96. The van der Waals surface area contributed by atoms with E-state index >= 15 is 0 Å². The van der Waals surface area contributed by atoms with E-state index in [1.807, 2.05) is 37.3 Å². The third kappa shape index (κ3) is 5.48. The van der Waals surface area contributed by atoms with Gasteiger partial charge in [-0.05, 0) is 32.0 Å². The fraction of sp³-hybridized carbons (Fsp3) is 0.348. The van der Waals surface area contributed by atoms with Crippen LogP contribution < -0.4 is 16.4 Å². The van der Waals surface area contributed by atoms with Crippen LogP contribution in [0.25, 0.3) is 10.8 Å². The molecule has 0 radical (unpaired) electrons. The van der Waals surface area contributed by atoms with Crippen molar-refractivity contribution in [1.82, 2.24) is 0 Å². The van der Waals surface area contributed by atoms with Crippen LogP contribution in [0.5, 0.6) is 0 Å². The maximum Gasteiger partial charge on any atom is 0.333 e. The number of nitrogens with two attached hydrogens (primary N) is 1. The minimum Gasteiger partial charge on any atom is -0.462 e. The summed E-state index contributed by atoms with van der Waals surface area (Å²) in [7, 11) is 0. The first-order chi connectivity index (χ1) is 15.2. The Kier molecular flexibility index (Phi) is 6.87. The first-order valence-corrected chi connectivity index (χ1v) is 10.2. The molecule has 0 aliphatic carbocycles. The van der Waals surface area contributed by atoms with Crippen molar-refractivity contribution in [2.75, 3.05) is 36.2 Å². The zero-order chi connectivity index (χ0) is 23.3. The van der Waals surface area contributed by atoms with Crippen LogP contribution in [0.2, 0.25) is 0 Å². The van der Waals surface area contributed by atoms with Crippen LogP contribution in [-0.4, -0.2) is 43.4 Å². The lowest BCUT2D eigenvalue weighted by atomic mass is 9.99. The van der Waals surface area contributed by atoms with E-state index in [2.05, 4.69) is 17.2 Å². The average molecular weight is 441 g/mol. The van der Waals surface area contributed by atoms with E-state index in [0.717, 1.165) is 22.1 Å². The van der Waals surface area contributed by atoms with Crippen molar-refractivity contribution in [2.45, 2.75) is 32.4 Å². The summed E-state index contributed by atoms with van der Waals surface area (Å²) in [5, 5.41) is 8.62. The molecule has 4 N–H and O–H groups in total. The quantitative estimate of drug-likeness (QED) is 0.177. The molecule has 1 aliphatic rings. The molecule has 1 unspecified atom stereocenters. The van der Waals surface area contributed by atoms with Gasteiger partial charge >= 0.3 is 17.9 Å². The van der Waals surface area contributed by atoms with Crippen molar-refractivity contribution in [2.24, 2.45) is 0 Å². The number of carbonyl (C=O) groups is 3. The molecular weight excluding hydrogens is 414 g/mol. The van der Waals surface area contributed by atoms with E-state index in [1.54, 1.807) is 0 Å². The third-order valence-electron chi connectivity index (χ3n) is 4.88. The highest BCUT2D eigenvalue weighted by molar-refractivity contribution is 6.09. The molecule has 0 saturated heterocycles. The van der Waals surface area contributed by atoms with E-state index in [-0.39, 0.29) is 38.2 Å². The second kappa shape index (κ2) is 9.59. The molecule has 1 aliphatic heterocycles. The van der Waals surface area contributed by atoms with Crippen molar-refractivity contribution in [3.05, 3.63) is 42.5 Å². The van der Waals surface area contributed by atoms with Gasteiger partial charge in [0.15, 0.2) is 0 Å². The summed E-state index contributed by atoms with van der Waals surface area (Å²) in [4.78, 5) is 35.1. The molecule has 0 bridgehead atoms. The number of carbonyl (C=O) groups excluding carboxylic acids is 3. The summed E-state index contributed by atoms with van der Waals surface area (Å²) in [5.74, 6) is -1.65. The Hall–Kier alpha value is -3.75. The molecule has 0 spiro atoms. The SMILES string of the molecule is C=C(C)C(=O)OCCOC(=O)CCC(=O)OCC1(C)Nc2cccc3c(N)ccc(c23)N1. The number of nitrogen functional groups attached to an aromatic ring is 1. The first-order valence-electron chi connectivity index (χ1n) is 10.2. The van der Waals surface area contributed by atoms with E-state index in [0.29, 0.717) is 5.69 Å². The normalized spacial score (nSPS) is 16.4. The number of rotatable bonds is 9. The van der Waals surface area contributed by atoms with Gasteiger partial charge in [0, 0.05) is 33.4 Å². The Bertz CT molecular complexity index is 1050. The molecule has 0 aromatic heterocycles. The summed E-state index contributed by atoms with van der Waals surface area (Å²) in [6.45, 7) is 6.72. The van der Waals surface area contributed by atoms with Crippen molar-refractivity contribution in [1.29, 1.82) is 0 Å². The Morgan fingerprint density at radius 1 is 0.969 bits per heavy atom. The van der Waals surface area contributed by atoms with E-state index in [9.17, 15) is 14.4 Å². The smallest absolute Gasteiger partial charge is 0.333 e. The van der Waals surface area contributed by atoms with Gasteiger partial charge in [0.2, 0.25) is 0 Å². The molecule has 2 aromatic carbocycles. The van der Waals surface area contributed by atoms with Crippen molar-refractivity contribution >= 4 is 45.7 Å². The third-order valence-corrected chi connectivity index (χ3v) is 4.88. The molecule has 1 heterocycles. The zero-order valence-corrected chi connectivity index (χ0v) is 18.2. The minimum absolute atomic E-state index is 0.0396. The van der Waals surface area contributed by atoms with Gasteiger partial charge in [-0.3, -0.25) is 9.59 Å². The number of nitrogens with one attached hydrogen (secondary N) is 2. The van der Waals surface area contributed by atoms with Gasteiger partial charge in [-0.2, -0.15) is 0 Å². The van der Waals surface area contributed by atoms with Crippen LogP contribution >= 0.6 is 0 Å². The Labute approximate surface area is 185 Å². The molecule has 0 amide bonds. The molecule has 32 heavy (non-hydrogen) atoms. The number of ether oxygens (including phenoxy) is 3. The molecule has 9 heteroatoms. The zero-order valence-electron chi connectivity index (χ0n) is 18.2. The maximum absolute atomic E-state index is 12.1. The number of esters is 3. The molecule has 3 rings (SSSR count). The Morgan fingerprint density at radius 3 is 2.28 bits per heavy atom. The minimum atomic E-state index is -0.735. The Morgan fingerprint density at radius 2 is 1.59 bits per heavy atom. The first kappa shape index (κ1) is 22.9. The number of benzene rings is 2. The van der Waals surface area contributed by atoms with Crippen LogP contribution in [0.3, 0.4) is 0 Å². The summed E-state index contributed by atoms with van der Waals surface area (Å²) in [5.41, 5.74) is 8.06. The van der Waals surface area contributed by atoms with Crippen molar-refractivity contribution in [3.8, 4) is 0 Å². The van der Waals surface area contributed by atoms with E-state index in [4.69, 9.17) is 19.9 Å². The van der Waals surface area contributed by atoms with Gasteiger partial charge in [-0.25, -0.2) is 4.79 Å². The largest absolute Gasteiger partial charge is 0.462 e. The highest BCUT2D eigenvalue weighted by Crippen LogP contribution is 2.39. The maximum atomic E-state index is 12.1. The second-order valence-corrected chi connectivity index (χ2v) is 7.81. The molecule has 1 atom stereocenters. The average Bonchev–Trinajstić information content (AvgIpc) is 2.76. The van der Waals surface area contributed by atoms with E-state index in [1.165, 1.54) is 6.92 Å². The number of hydrogen-bond donors (Lipinski definition) is 3. The summed E-state index contributed by atoms with van der Waals surface area (Å²) < 4.78 is 15.1. The van der Waals surface area contributed by atoms with Crippen LogP contribution in [0.4, 0.5) is 17.1 Å². The summed E-state index contributed by atoms with van der Waals surface area (Å²) >= 11 is 0. The van der Waals surface area contributed by atoms with Crippen LogP contribution in [-0.2, 0) is 28.6 Å². The summed E-state index contributed by atoms with van der Waals surface area (Å²) in [6, 6.07) is 9.53. The summed E-state index contributed by atoms with van der Waals surface area (Å²) in [6.07, 6.45) is -0.255. The monoisotopic (exact) mass is 441 g/mol. The van der Waals surface area contributed by atoms with Crippen LogP contribution in [0.1, 0.15) is 26.7 Å². The Balaban J connectivity index is 1.44. The van der Waals surface area contributed by atoms with Gasteiger partial charge in [0.1, 0.15) is 25.5 Å².